The Bertz CT molecular complexity index is 1500. The molecule has 0 spiro atoms. The number of aromatic nitrogens is 2. The SMILES string of the molecule is CCOc1cccc(Cn2c(=O)c3sccc3n(CC(=O)Nc3ccc(C(=O)OC)cc3)c2=O)c1. The molecule has 9 nitrogen and oxygen atoms in total. The van der Waals surface area contributed by atoms with Crippen LogP contribution in [0.25, 0.3) is 10.2 Å². The van der Waals surface area contributed by atoms with E-state index in [0.717, 1.165) is 10.1 Å². The molecule has 1 amide bonds. The molecule has 0 bridgehead atoms. The van der Waals surface area contributed by atoms with Gasteiger partial charge in [-0.2, -0.15) is 0 Å². The van der Waals surface area contributed by atoms with Gasteiger partial charge in [0.1, 0.15) is 17.0 Å². The van der Waals surface area contributed by atoms with Gasteiger partial charge in [0.15, 0.2) is 0 Å². The number of hydrogen-bond acceptors (Lipinski definition) is 7. The van der Waals surface area contributed by atoms with Crippen LogP contribution in [0.2, 0.25) is 0 Å². The lowest BCUT2D eigenvalue weighted by molar-refractivity contribution is -0.116. The average Bonchev–Trinajstić information content (AvgIpc) is 3.35. The first kappa shape index (κ1) is 24.0. The molecule has 35 heavy (non-hydrogen) atoms. The highest BCUT2D eigenvalue weighted by Gasteiger charge is 2.17. The lowest BCUT2D eigenvalue weighted by atomic mass is 10.2. The molecule has 0 aliphatic rings. The molecule has 4 rings (SSSR count). The number of methoxy groups -OCH3 is 1. The first-order valence-corrected chi connectivity index (χ1v) is 11.7. The number of amides is 1. The Hall–Kier alpha value is -4.18. The van der Waals surface area contributed by atoms with E-state index in [4.69, 9.17) is 4.74 Å². The van der Waals surface area contributed by atoms with Gasteiger partial charge < -0.3 is 14.8 Å². The third kappa shape index (κ3) is 5.17. The normalized spacial score (nSPS) is 10.8. The largest absolute Gasteiger partial charge is 0.494 e. The third-order valence-corrected chi connectivity index (χ3v) is 6.17. The minimum atomic E-state index is -0.584. The molecule has 2 aromatic carbocycles. The zero-order valence-corrected chi connectivity index (χ0v) is 20.0. The van der Waals surface area contributed by atoms with Crippen molar-refractivity contribution < 1.29 is 19.1 Å². The zero-order chi connectivity index (χ0) is 24.9. The molecule has 2 heterocycles. The van der Waals surface area contributed by atoms with E-state index in [1.165, 1.54) is 35.1 Å². The summed E-state index contributed by atoms with van der Waals surface area (Å²) >= 11 is 1.22. The van der Waals surface area contributed by atoms with Gasteiger partial charge in [0.05, 0.1) is 31.3 Å². The van der Waals surface area contributed by atoms with Crippen LogP contribution in [0.4, 0.5) is 5.69 Å². The van der Waals surface area contributed by atoms with E-state index < -0.39 is 23.1 Å². The lowest BCUT2D eigenvalue weighted by Gasteiger charge is -2.13. The Labute approximate surface area is 204 Å². The quantitative estimate of drug-likeness (QED) is 0.378. The minimum absolute atomic E-state index is 0.0447. The number of carbonyl (C=O) groups is 2. The number of anilines is 1. The molecule has 0 unspecified atom stereocenters. The van der Waals surface area contributed by atoms with Crippen LogP contribution in [0.3, 0.4) is 0 Å². The highest BCUT2D eigenvalue weighted by atomic mass is 32.1. The van der Waals surface area contributed by atoms with Crippen molar-refractivity contribution in [1.82, 2.24) is 9.13 Å². The predicted molar refractivity (Wildman–Crippen MR) is 133 cm³/mol. The van der Waals surface area contributed by atoms with Gasteiger partial charge in [0.2, 0.25) is 5.91 Å². The van der Waals surface area contributed by atoms with Crippen LogP contribution < -0.4 is 21.3 Å². The summed E-state index contributed by atoms with van der Waals surface area (Å²) in [4.78, 5) is 50.7. The first-order valence-electron chi connectivity index (χ1n) is 10.8. The van der Waals surface area contributed by atoms with Gasteiger partial charge in [-0.3, -0.25) is 18.7 Å². The van der Waals surface area contributed by atoms with E-state index in [0.29, 0.717) is 33.8 Å². The van der Waals surface area contributed by atoms with Gasteiger partial charge in [-0.25, -0.2) is 9.59 Å². The molecule has 1 N–H and O–H groups in total. The first-order chi connectivity index (χ1) is 16.9. The van der Waals surface area contributed by atoms with E-state index in [9.17, 15) is 19.2 Å². The molecule has 0 atom stereocenters. The highest BCUT2D eigenvalue weighted by Crippen LogP contribution is 2.17. The number of thiophene rings is 1. The maximum absolute atomic E-state index is 13.3. The van der Waals surface area contributed by atoms with Crippen molar-refractivity contribution in [3.63, 3.8) is 0 Å². The summed E-state index contributed by atoms with van der Waals surface area (Å²) in [7, 11) is 1.29. The second kappa shape index (κ2) is 10.4. The standard InChI is InChI=1S/C25H23N3O6S/c1-3-34-19-6-4-5-16(13-19)14-28-23(30)22-20(11-12-35-22)27(25(28)32)15-21(29)26-18-9-7-17(8-10-18)24(31)33-2/h4-13H,3,14-15H2,1-2H3,(H,26,29). The summed E-state index contributed by atoms with van der Waals surface area (Å²) in [6, 6.07) is 15.0. The Morgan fingerprint density at radius 1 is 1.03 bits per heavy atom. The maximum Gasteiger partial charge on any atom is 0.337 e. The molecular formula is C25H23N3O6S. The van der Waals surface area contributed by atoms with Crippen molar-refractivity contribution in [3.8, 4) is 5.75 Å². The van der Waals surface area contributed by atoms with Crippen LogP contribution in [0.15, 0.2) is 69.6 Å². The van der Waals surface area contributed by atoms with E-state index in [1.807, 2.05) is 13.0 Å². The number of nitrogens with zero attached hydrogens (tertiary/aromatic N) is 2. The Kier molecular flexibility index (Phi) is 7.11. The topological polar surface area (TPSA) is 109 Å². The summed E-state index contributed by atoms with van der Waals surface area (Å²) in [6.45, 7) is 2.13. The van der Waals surface area contributed by atoms with Crippen molar-refractivity contribution in [2.75, 3.05) is 19.0 Å². The monoisotopic (exact) mass is 493 g/mol. The predicted octanol–water partition coefficient (Wildman–Crippen LogP) is 3.10. The fraction of sp³-hybridized carbons (Fsp3) is 0.200. The second-order valence-electron chi connectivity index (χ2n) is 7.59. The van der Waals surface area contributed by atoms with Crippen molar-refractivity contribution in [1.29, 1.82) is 0 Å². The van der Waals surface area contributed by atoms with Crippen molar-refractivity contribution >= 4 is 39.1 Å². The van der Waals surface area contributed by atoms with Gasteiger partial charge in [-0.15, -0.1) is 11.3 Å². The number of rotatable bonds is 8. The van der Waals surface area contributed by atoms with Crippen LogP contribution in [-0.2, 0) is 22.6 Å². The lowest BCUT2D eigenvalue weighted by Crippen LogP contribution is -2.41. The molecule has 180 valence electrons. The third-order valence-electron chi connectivity index (χ3n) is 5.28. The van der Waals surface area contributed by atoms with E-state index in [2.05, 4.69) is 10.1 Å². The van der Waals surface area contributed by atoms with Crippen molar-refractivity contribution in [2.24, 2.45) is 0 Å². The maximum atomic E-state index is 13.3. The molecule has 0 aliphatic heterocycles. The van der Waals surface area contributed by atoms with Gasteiger partial charge in [-0.1, -0.05) is 12.1 Å². The second-order valence-corrected chi connectivity index (χ2v) is 8.51. The van der Waals surface area contributed by atoms with Gasteiger partial charge >= 0.3 is 11.7 Å². The summed E-state index contributed by atoms with van der Waals surface area (Å²) in [5.74, 6) is -0.287. The zero-order valence-electron chi connectivity index (χ0n) is 19.1. The van der Waals surface area contributed by atoms with Crippen LogP contribution in [0.5, 0.6) is 5.75 Å². The minimum Gasteiger partial charge on any atom is -0.494 e. The van der Waals surface area contributed by atoms with Crippen molar-refractivity contribution in [3.05, 3.63) is 91.9 Å². The number of nitrogens with one attached hydrogen (secondary N) is 1. The van der Waals surface area contributed by atoms with Gasteiger partial charge in [-0.05, 0) is 60.3 Å². The van der Waals surface area contributed by atoms with E-state index >= 15 is 0 Å². The summed E-state index contributed by atoms with van der Waals surface area (Å²) in [5, 5.41) is 4.43. The van der Waals surface area contributed by atoms with Crippen LogP contribution in [0.1, 0.15) is 22.8 Å². The molecule has 0 fully saturated rings. The number of esters is 1. The van der Waals surface area contributed by atoms with E-state index in [1.54, 1.807) is 41.8 Å². The summed E-state index contributed by atoms with van der Waals surface area (Å²) in [6.07, 6.45) is 0. The average molecular weight is 494 g/mol. The number of ether oxygens (including phenoxy) is 2. The van der Waals surface area contributed by atoms with Crippen molar-refractivity contribution in [2.45, 2.75) is 20.0 Å². The fourth-order valence-electron chi connectivity index (χ4n) is 3.66. The summed E-state index contributed by atoms with van der Waals surface area (Å²) < 4.78 is 13.0. The fourth-order valence-corrected chi connectivity index (χ4v) is 4.50. The Balaban J connectivity index is 1.63. The number of fused-ring (bicyclic) bond motifs is 1. The number of carbonyl (C=O) groups excluding carboxylic acids is 2. The molecule has 4 aromatic rings. The van der Waals surface area contributed by atoms with E-state index in [-0.39, 0.29) is 13.1 Å². The highest BCUT2D eigenvalue weighted by molar-refractivity contribution is 7.17. The summed E-state index contributed by atoms with van der Waals surface area (Å²) in [5.41, 5.74) is 0.949. The van der Waals surface area contributed by atoms with Crippen LogP contribution in [-0.4, -0.2) is 34.7 Å². The number of benzene rings is 2. The van der Waals surface area contributed by atoms with Gasteiger partial charge in [0.25, 0.3) is 5.56 Å². The Morgan fingerprint density at radius 3 is 2.51 bits per heavy atom. The van der Waals surface area contributed by atoms with Gasteiger partial charge in [0, 0.05) is 5.69 Å². The molecule has 10 heteroatoms. The molecule has 0 saturated heterocycles. The Morgan fingerprint density at radius 2 is 1.80 bits per heavy atom. The van der Waals surface area contributed by atoms with Crippen LogP contribution >= 0.6 is 11.3 Å². The molecule has 0 radical (unpaired) electrons. The molecular weight excluding hydrogens is 470 g/mol. The van der Waals surface area contributed by atoms with Crippen LogP contribution in [0, 0.1) is 0 Å². The molecule has 0 aliphatic carbocycles. The number of hydrogen-bond donors (Lipinski definition) is 1. The molecule has 2 aromatic heterocycles. The molecule has 0 saturated carbocycles. The smallest absolute Gasteiger partial charge is 0.337 e.